The van der Waals surface area contributed by atoms with Gasteiger partial charge in [-0.05, 0) is 18.2 Å². The van der Waals surface area contributed by atoms with Crippen LogP contribution in [0.5, 0.6) is 0 Å². The molecule has 13 heavy (non-hydrogen) atoms. The van der Waals surface area contributed by atoms with Crippen LogP contribution in [0, 0.1) is 0 Å². The number of carbonyl (C=O) groups is 1. The number of halogens is 4. The summed E-state index contributed by atoms with van der Waals surface area (Å²) in [6, 6.07) is 4.24. The largest absolute Gasteiger partial charge is 0.300 e. The third-order valence-electron chi connectivity index (χ3n) is 1.39. The number of alkyl halides is 2. The van der Waals surface area contributed by atoms with Crippen molar-refractivity contribution in [2.75, 3.05) is 0 Å². The number of hydrogen-bond donors (Lipinski definition) is 0. The Morgan fingerprint density at radius 1 is 1.46 bits per heavy atom. The van der Waals surface area contributed by atoms with Crippen LogP contribution in [-0.4, -0.2) is 12.2 Å². The van der Waals surface area contributed by atoms with Gasteiger partial charge in [0, 0.05) is 10.0 Å². The summed E-state index contributed by atoms with van der Waals surface area (Å²) in [5.74, 6) is -1.26. The Kier molecular flexibility index (Phi) is 3.39. The summed E-state index contributed by atoms with van der Waals surface area (Å²) in [6.07, 6.45) is -3.02. The van der Waals surface area contributed by atoms with Crippen LogP contribution in [0.4, 0.5) is 8.78 Å². The Labute approximate surface area is 86.8 Å². The van der Waals surface area contributed by atoms with Gasteiger partial charge >= 0.3 is 6.43 Å². The Bertz CT molecular complexity index is 341. The summed E-state index contributed by atoms with van der Waals surface area (Å²) in [4.78, 5) is 10.9. The van der Waals surface area contributed by atoms with Crippen molar-refractivity contribution in [2.45, 2.75) is 6.43 Å². The van der Waals surface area contributed by atoms with Crippen LogP contribution in [0.2, 0.25) is 5.02 Å². The molecule has 1 rings (SSSR count). The highest BCUT2D eigenvalue weighted by atomic mass is 79.9. The summed E-state index contributed by atoms with van der Waals surface area (Å²) in [5, 5.41) is 0.0356. The third kappa shape index (κ3) is 2.48. The van der Waals surface area contributed by atoms with E-state index in [1.54, 1.807) is 6.07 Å². The molecule has 1 aromatic carbocycles. The SMILES string of the molecule is O=C(c1cc(Br)ccc1Cl)C(F)F. The predicted molar refractivity (Wildman–Crippen MR) is 49.5 cm³/mol. The molecular formula is C8H4BrClF2O. The second-order valence-electron chi connectivity index (χ2n) is 2.29. The van der Waals surface area contributed by atoms with E-state index in [0.29, 0.717) is 4.47 Å². The molecule has 0 saturated carbocycles. The van der Waals surface area contributed by atoms with Gasteiger partial charge in [0.1, 0.15) is 0 Å². The Balaban J connectivity index is 3.13. The van der Waals surface area contributed by atoms with Gasteiger partial charge in [-0.15, -0.1) is 0 Å². The maximum absolute atomic E-state index is 12.0. The molecule has 0 fully saturated rings. The summed E-state index contributed by atoms with van der Waals surface area (Å²) < 4.78 is 24.5. The number of ketones is 1. The zero-order valence-corrected chi connectivity index (χ0v) is 8.57. The minimum absolute atomic E-state index is 0.0356. The fraction of sp³-hybridized carbons (Fsp3) is 0.125. The first kappa shape index (κ1) is 10.6. The van der Waals surface area contributed by atoms with Crippen molar-refractivity contribution in [3.8, 4) is 0 Å². The number of carbonyl (C=O) groups excluding carboxylic acids is 1. The molecule has 0 bridgehead atoms. The van der Waals surface area contributed by atoms with Gasteiger partial charge in [0.25, 0.3) is 0 Å². The van der Waals surface area contributed by atoms with Crippen molar-refractivity contribution >= 4 is 33.3 Å². The van der Waals surface area contributed by atoms with Gasteiger partial charge in [-0.3, -0.25) is 4.79 Å². The number of Topliss-reactive ketones (excluding diaryl/α,β-unsaturated/α-hetero) is 1. The van der Waals surface area contributed by atoms with Gasteiger partial charge in [-0.2, -0.15) is 0 Å². The first-order valence-electron chi connectivity index (χ1n) is 3.30. The molecule has 5 heteroatoms. The molecule has 0 aliphatic rings. The van der Waals surface area contributed by atoms with E-state index in [-0.39, 0.29) is 10.6 Å². The Hall–Kier alpha value is -0.480. The third-order valence-corrected chi connectivity index (χ3v) is 2.21. The Morgan fingerprint density at radius 2 is 2.08 bits per heavy atom. The predicted octanol–water partition coefficient (Wildman–Crippen LogP) is 3.55. The molecule has 0 aliphatic heterocycles. The molecule has 0 aromatic heterocycles. The highest BCUT2D eigenvalue weighted by Crippen LogP contribution is 2.23. The van der Waals surface area contributed by atoms with Gasteiger partial charge < -0.3 is 0 Å². The lowest BCUT2D eigenvalue weighted by Crippen LogP contribution is -2.10. The lowest BCUT2D eigenvalue weighted by Gasteiger charge is -2.02. The zero-order chi connectivity index (χ0) is 10.0. The molecule has 0 N–H and O–H groups in total. The molecule has 1 aromatic rings. The maximum atomic E-state index is 12.0. The monoisotopic (exact) mass is 268 g/mol. The lowest BCUT2D eigenvalue weighted by molar-refractivity contribution is 0.0679. The van der Waals surface area contributed by atoms with E-state index in [2.05, 4.69) is 15.9 Å². The van der Waals surface area contributed by atoms with Gasteiger partial charge in [0.2, 0.25) is 5.78 Å². The quantitative estimate of drug-likeness (QED) is 0.750. The molecule has 0 amide bonds. The normalized spacial score (nSPS) is 10.5. The van der Waals surface area contributed by atoms with E-state index in [1.807, 2.05) is 0 Å². The van der Waals surface area contributed by atoms with E-state index in [1.165, 1.54) is 12.1 Å². The zero-order valence-electron chi connectivity index (χ0n) is 6.23. The highest BCUT2D eigenvalue weighted by molar-refractivity contribution is 9.10. The second kappa shape index (κ2) is 4.15. The van der Waals surface area contributed by atoms with Crippen LogP contribution in [0.15, 0.2) is 22.7 Å². The van der Waals surface area contributed by atoms with E-state index >= 15 is 0 Å². The minimum atomic E-state index is -3.02. The van der Waals surface area contributed by atoms with Crippen molar-refractivity contribution in [1.82, 2.24) is 0 Å². The lowest BCUT2D eigenvalue weighted by atomic mass is 10.1. The first-order valence-corrected chi connectivity index (χ1v) is 4.47. The smallest absolute Gasteiger partial charge is 0.288 e. The Morgan fingerprint density at radius 3 is 2.62 bits per heavy atom. The summed E-state index contributed by atoms with van der Waals surface area (Å²) in [5.41, 5.74) is -0.161. The molecular weight excluding hydrogens is 265 g/mol. The van der Waals surface area contributed by atoms with Gasteiger partial charge in [0.15, 0.2) is 0 Å². The summed E-state index contributed by atoms with van der Waals surface area (Å²) in [7, 11) is 0. The van der Waals surface area contributed by atoms with Crippen LogP contribution in [0.3, 0.4) is 0 Å². The first-order chi connectivity index (χ1) is 6.02. The van der Waals surface area contributed by atoms with E-state index in [9.17, 15) is 13.6 Å². The summed E-state index contributed by atoms with van der Waals surface area (Å²) in [6.45, 7) is 0. The van der Waals surface area contributed by atoms with Gasteiger partial charge in [-0.25, -0.2) is 8.78 Å². The maximum Gasteiger partial charge on any atom is 0.300 e. The second-order valence-corrected chi connectivity index (χ2v) is 3.61. The van der Waals surface area contributed by atoms with Crippen molar-refractivity contribution in [1.29, 1.82) is 0 Å². The molecule has 0 atom stereocenters. The molecule has 0 saturated heterocycles. The molecule has 0 aliphatic carbocycles. The van der Waals surface area contributed by atoms with Crippen LogP contribution in [-0.2, 0) is 0 Å². The summed E-state index contributed by atoms with van der Waals surface area (Å²) >= 11 is 8.62. The van der Waals surface area contributed by atoms with Crippen molar-refractivity contribution in [2.24, 2.45) is 0 Å². The highest BCUT2D eigenvalue weighted by Gasteiger charge is 2.20. The van der Waals surface area contributed by atoms with Crippen molar-refractivity contribution < 1.29 is 13.6 Å². The van der Waals surface area contributed by atoms with Gasteiger partial charge in [-0.1, -0.05) is 27.5 Å². The van der Waals surface area contributed by atoms with Crippen molar-refractivity contribution in [3.05, 3.63) is 33.3 Å². The number of rotatable bonds is 2. The molecule has 70 valence electrons. The van der Waals surface area contributed by atoms with Crippen LogP contribution in [0.1, 0.15) is 10.4 Å². The van der Waals surface area contributed by atoms with Crippen LogP contribution in [0.25, 0.3) is 0 Å². The molecule has 0 heterocycles. The minimum Gasteiger partial charge on any atom is -0.288 e. The van der Waals surface area contributed by atoms with Gasteiger partial charge in [0.05, 0.1) is 5.02 Å². The number of hydrogen-bond acceptors (Lipinski definition) is 1. The van der Waals surface area contributed by atoms with Crippen LogP contribution < -0.4 is 0 Å². The molecule has 0 radical (unpaired) electrons. The topological polar surface area (TPSA) is 17.1 Å². The fourth-order valence-electron chi connectivity index (χ4n) is 0.804. The fourth-order valence-corrected chi connectivity index (χ4v) is 1.38. The molecule has 0 unspecified atom stereocenters. The van der Waals surface area contributed by atoms with Crippen molar-refractivity contribution in [3.63, 3.8) is 0 Å². The van der Waals surface area contributed by atoms with E-state index in [4.69, 9.17) is 11.6 Å². The van der Waals surface area contributed by atoms with Crippen LogP contribution >= 0.6 is 27.5 Å². The van der Waals surface area contributed by atoms with E-state index in [0.717, 1.165) is 0 Å². The standard InChI is InChI=1S/C8H4BrClF2O/c9-4-1-2-6(10)5(3-4)7(13)8(11)12/h1-3,8H. The number of benzene rings is 1. The molecule has 1 nitrogen and oxygen atoms in total. The average Bonchev–Trinajstić information content (AvgIpc) is 2.08. The molecule has 0 spiro atoms. The van der Waals surface area contributed by atoms with E-state index < -0.39 is 12.2 Å². The average molecular weight is 269 g/mol.